The third-order valence-corrected chi connectivity index (χ3v) is 8.98. The number of likely N-dealkylation sites (tertiary alicyclic amines) is 1. The van der Waals surface area contributed by atoms with Crippen molar-refractivity contribution in [3.8, 4) is 0 Å². The maximum absolute atomic E-state index is 13.7. The Balaban J connectivity index is 1.45. The van der Waals surface area contributed by atoms with Crippen LogP contribution < -0.4 is 0 Å². The molecule has 3 aliphatic heterocycles. The Morgan fingerprint density at radius 1 is 1.03 bits per heavy atom. The first-order valence-electron chi connectivity index (χ1n) is 12.2. The lowest BCUT2D eigenvalue weighted by atomic mass is 9.96. The van der Waals surface area contributed by atoms with E-state index in [1.807, 2.05) is 31.2 Å². The molecule has 2 aromatic carbocycles. The van der Waals surface area contributed by atoms with Gasteiger partial charge in [0.1, 0.15) is 0 Å². The molecule has 2 aromatic rings. The maximum Gasteiger partial charge on any atom is 0.270 e. The Bertz CT molecular complexity index is 1250. The Kier molecular flexibility index (Phi) is 6.20. The maximum atomic E-state index is 13.7. The van der Waals surface area contributed by atoms with Crippen molar-refractivity contribution in [1.29, 1.82) is 0 Å². The summed E-state index contributed by atoms with van der Waals surface area (Å²) in [6.07, 6.45) is 6.41. The number of amides is 2. The van der Waals surface area contributed by atoms with Gasteiger partial charge in [0.05, 0.1) is 29.1 Å². The first kappa shape index (κ1) is 23.1. The van der Waals surface area contributed by atoms with Crippen LogP contribution in [0.2, 0.25) is 0 Å². The van der Waals surface area contributed by atoms with Crippen molar-refractivity contribution >= 4 is 32.6 Å². The van der Waals surface area contributed by atoms with Crippen molar-refractivity contribution in [3.63, 3.8) is 0 Å². The van der Waals surface area contributed by atoms with Crippen molar-refractivity contribution < 1.29 is 18.0 Å². The van der Waals surface area contributed by atoms with Gasteiger partial charge in [-0.2, -0.15) is 0 Å². The molecule has 0 unspecified atom stereocenters. The van der Waals surface area contributed by atoms with Gasteiger partial charge in [-0.05, 0) is 61.3 Å². The molecule has 2 amide bonds. The normalized spacial score (nSPS) is 23.4. The molecule has 34 heavy (non-hydrogen) atoms. The summed E-state index contributed by atoms with van der Waals surface area (Å²) in [5, 5.41) is 1.74. The summed E-state index contributed by atoms with van der Waals surface area (Å²) in [6, 6.07) is 12.0. The Labute approximate surface area is 201 Å². The fourth-order valence-corrected chi connectivity index (χ4v) is 7.12. The van der Waals surface area contributed by atoms with Crippen LogP contribution in [0.3, 0.4) is 0 Å². The number of carbonyl (C=O) groups is 2. The molecule has 2 atom stereocenters. The zero-order valence-electron chi connectivity index (χ0n) is 19.5. The molecule has 0 aliphatic carbocycles. The van der Waals surface area contributed by atoms with Gasteiger partial charge in [0.2, 0.25) is 11.8 Å². The molecule has 2 saturated heterocycles. The van der Waals surface area contributed by atoms with Crippen molar-refractivity contribution in [2.75, 3.05) is 26.2 Å². The average Bonchev–Trinajstić information content (AvgIpc) is 3.38. The van der Waals surface area contributed by atoms with Crippen LogP contribution in [0.25, 0.3) is 10.8 Å². The average molecular weight is 482 g/mol. The number of hydrogen-bond acceptors (Lipinski definition) is 5. The highest BCUT2D eigenvalue weighted by molar-refractivity contribution is 7.89. The van der Waals surface area contributed by atoms with E-state index in [9.17, 15) is 18.0 Å². The SMILES string of the molecule is CCC[C@H]1C(=O)N(S(=O)(=O)c2ccc3ccccc3c2)C2=CCN(C(=O)CN3CCCCC3)[C@@H]21. The fraction of sp³-hybridized carbons (Fsp3) is 0.462. The van der Waals surface area contributed by atoms with Crippen LogP contribution >= 0.6 is 0 Å². The lowest BCUT2D eigenvalue weighted by Crippen LogP contribution is -2.46. The smallest absolute Gasteiger partial charge is 0.270 e. The third kappa shape index (κ3) is 3.92. The molecule has 0 saturated carbocycles. The molecule has 0 N–H and O–H groups in total. The molecule has 0 bridgehead atoms. The number of carbonyl (C=O) groups excluding carboxylic acids is 2. The Morgan fingerprint density at radius 2 is 1.76 bits per heavy atom. The van der Waals surface area contributed by atoms with E-state index < -0.39 is 27.9 Å². The van der Waals surface area contributed by atoms with Crippen molar-refractivity contribution in [2.45, 2.75) is 50.0 Å². The van der Waals surface area contributed by atoms with E-state index in [4.69, 9.17) is 0 Å². The second-order valence-corrected chi connectivity index (χ2v) is 11.3. The highest BCUT2D eigenvalue weighted by Crippen LogP contribution is 2.42. The molecule has 5 rings (SSSR count). The van der Waals surface area contributed by atoms with Crippen molar-refractivity contribution in [1.82, 2.24) is 14.1 Å². The van der Waals surface area contributed by atoms with Gasteiger partial charge in [-0.25, -0.2) is 12.7 Å². The van der Waals surface area contributed by atoms with Gasteiger partial charge >= 0.3 is 0 Å². The zero-order valence-corrected chi connectivity index (χ0v) is 20.3. The van der Waals surface area contributed by atoms with Gasteiger partial charge in [0.15, 0.2) is 0 Å². The van der Waals surface area contributed by atoms with Gasteiger partial charge in [-0.3, -0.25) is 14.5 Å². The third-order valence-electron chi connectivity index (χ3n) is 7.26. The molecule has 3 heterocycles. The number of sulfonamides is 1. The Hall–Kier alpha value is -2.71. The van der Waals surface area contributed by atoms with E-state index in [1.165, 1.54) is 6.42 Å². The number of benzene rings is 2. The van der Waals surface area contributed by atoms with E-state index in [-0.39, 0.29) is 10.8 Å². The lowest BCUT2D eigenvalue weighted by molar-refractivity contribution is -0.135. The first-order valence-corrected chi connectivity index (χ1v) is 13.7. The van der Waals surface area contributed by atoms with Gasteiger partial charge in [-0.1, -0.05) is 50.1 Å². The number of piperidine rings is 1. The lowest BCUT2D eigenvalue weighted by Gasteiger charge is -2.31. The fourth-order valence-electron chi connectivity index (χ4n) is 5.56. The topological polar surface area (TPSA) is 78.0 Å². The molecule has 8 heteroatoms. The van der Waals surface area contributed by atoms with Crippen LogP contribution in [0.5, 0.6) is 0 Å². The predicted molar refractivity (Wildman–Crippen MR) is 130 cm³/mol. The minimum Gasteiger partial charge on any atom is -0.328 e. The van der Waals surface area contributed by atoms with Crippen LogP contribution in [-0.4, -0.2) is 66.6 Å². The highest BCUT2D eigenvalue weighted by Gasteiger charge is 2.54. The molecular weight excluding hydrogens is 450 g/mol. The minimum atomic E-state index is -4.09. The summed E-state index contributed by atoms with van der Waals surface area (Å²) in [5.41, 5.74) is 0.434. The summed E-state index contributed by atoms with van der Waals surface area (Å²) in [7, 11) is -4.09. The number of rotatable bonds is 6. The summed E-state index contributed by atoms with van der Waals surface area (Å²) in [6.45, 7) is 4.45. The van der Waals surface area contributed by atoms with Gasteiger partial charge in [-0.15, -0.1) is 0 Å². The molecule has 0 radical (unpaired) electrons. The van der Waals surface area contributed by atoms with E-state index in [2.05, 4.69) is 4.90 Å². The summed E-state index contributed by atoms with van der Waals surface area (Å²) in [4.78, 5) is 30.7. The number of nitrogens with zero attached hydrogens (tertiary/aromatic N) is 3. The van der Waals surface area contributed by atoms with Gasteiger partial charge in [0, 0.05) is 6.54 Å². The van der Waals surface area contributed by atoms with E-state index in [0.29, 0.717) is 25.2 Å². The van der Waals surface area contributed by atoms with Crippen LogP contribution in [0, 0.1) is 5.92 Å². The molecule has 3 aliphatic rings. The quantitative estimate of drug-likeness (QED) is 0.632. The standard InChI is InChI=1S/C26H31N3O4S/c1-2-8-22-25-23(13-16-28(25)24(30)18-27-14-6-3-7-15-27)29(26(22)31)34(32,33)21-12-11-19-9-4-5-10-20(19)17-21/h4-5,9-13,17,22,25H,2-3,6-8,14-16,18H2,1H3/t22-,25-/m1/s1. The van der Waals surface area contributed by atoms with E-state index >= 15 is 0 Å². The van der Waals surface area contributed by atoms with Crippen LogP contribution in [0.1, 0.15) is 39.0 Å². The molecule has 2 fully saturated rings. The zero-order chi connectivity index (χ0) is 23.9. The van der Waals surface area contributed by atoms with Gasteiger partial charge < -0.3 is 4.90 Å². The van der Waals surface area contributed by atoms with E-state index in [1.54, 1.807) is 29.2 Å². The minimum absolute atomic E-state index is 0.0305. The monoisotopic (exact) mass is 481 g/mol. The number of hydrogen-bond donors (Lipinski definition) is 0. The Morgan fingerprint density at radius 3 is 2.50 bits per heavy atom. The second kappa shape index (κ2) is 9.15. The number of fused-ring (bicyclic) bond motifs is 2. The molecule has 0 aromatic heterocycles. The first-order chi connectivity index (χ1) is 16.4. The summed E-state index contributed by atoms with van der Waals surface area (Å²) in [5.74, 6) is -1.00. The molecule has 7 nitrogen and oxygen atoms in total. The summed E-state index contributed by atoms with van der Waals surface area (Å²) < 4.78 is 28.4. The predicted octanol–water partition coefficient (Wildman–Crippen LogP) is 3.37. The van der Waals surface area contributed by atoms with E-state index in [0.717, 1.165) is 47.4 Å². The summed E-state index contributed by atoms with van der Waals surface area (Å²) >= 11 is 0. The van der Waals surface area contributed by atoms with Crippen LogP contribution in [0.15, 0.2) is 59.1 Å². The van der Waals surface area contributed by atoms with Crippen LogP contribution in [0.4, 0.5) is 0 Å². The molecule has 0 spiro atoms. The van der Waals surface area contributed by atoms with Gasteiger partial charge in [0.25, 0.3) is 10.0 Å². The van der Waals surface area contributed by atoms with Crippen LogP contribution in [-0.2, 0) is 19.6 Å². The molecular formula is C26H31N3O4S. The molecule has 180 valence electrons. The van der Waals surface area contributed by atoms with Crippen molar-refractivity contribution in [3.05, 3.63) is 54.2 Å². The second-order valence-electron chi connectivity index (χ2n) is 9.47. The largest absolute Gasteiger partial charge is 0.328 e. The highest BCUT2D eigenvalue weighted by atomic mass is 32.2. The van der Waals surface area contributed by atoms with Crippen molar-refractivity contribution in [2.24, 2.45) is 5.92 Å².